The fourth-order valence-electron chi connectivity index (χ4n) is 1.43. The van der Waals surface area contributed by atoms with Gasteiger partial charge in [0.05, 0.1) is 16.1 Å². The van der Waals surface area contributed by atoms with Crippen LogP contribution in [-0.2, 0) is 6.42 Å². The Morgan fingerprint density at radius 1 is 1.53 bits per heavy atom. The highest BCUT2D eigenvalue weighted by Crippen LogP contribution is 2.26. The Morgan fingerprint density at radius 2 is 2.27 bits per heavy atom. The first-order chi connectivity index (χ1) is 7.13. The molecule has 0 atom stereocenters. The molecule has 0 aromatic carbocycles. The molecule has 0 aliphatic heterocycles. The second kappa shape index (κ2) is 4.02. The van der Waals surface area contributed by atoms with Gasteiger partial charge in [0.25, 0.3) is 0 Å². The van der Waals surface area contributed by atoms with Gasteiger partial charge >= 0.3 is 0 Å². The third-order valence-corrected chi connectivity index (χ3v) is 3.04. The number of hydrogen-bond acceptors (Lipinski definition) is 2. The summed E-state index contributed by atoms with van der Waals surface area (Å²) in [5.74, 6) is -0.417. The highest BCUT2D eigenvalue weighted by Gasteiger charge is 2.10. The van der Waals surface area contributed by atoms with E-state index in [-0.39, 0.29) is 4.60 Å². The van der Waals surface area contributed by atoms with E-state index in [9.17, 15) is 4.39 Å². The summed E-state index contributed by atoms with van der Waals surface area (Å²) in [6, 6.07) is 1.35. The summed E-state index contributed by atoms with van der Waals surface area (Å²) in [6.45, 7) is 1.97. The highest BCUT2D eigenvalue weighted by molar-refractivity contribution is 9.10. The number of pyridine rings is 2. The standard InChI is InChI=1S/C10H7BrClFN2/c1-2-5-6(12)4-14-8-3-7(13)10(11)15-9(5)8/h3-4H,2H2,1H3. The van der Waals surface area contributed by atoms with E-state index >= 15 is 0 Å². The van der Waals surface area contributed by atoms with Crippen LogP contribution in [0.25, 0.3) is 11.0 Å². The zero-order chi connectivity index (χ0) is 11.0. The lowest BCUT2D eigenvalue weighted by Crippen LogP contribution is -1.94. The van der Waals surface area contributed by atoms with E-state index in [1.165, 1.54) is 12.3 Å². The minimum atomic E-state index is -0.417. The Labute approximate surface area is 99.6 Å². The summed E-state index contributed by atoms with van der Waals surface area (Å²) in [5.41, 5.74) is 2.07. The largest absolute Gasteiger partial charge is 0.253 e. The van der Waals surface area contributed by atoms with Crippen molar-refractivity contribution in [1.82, 2.24) is 9.97 Å². The van der Waals surface area contributed by atoms with Crippen LogP contribution in [0, 0.1) is 5.82 Å². The lowest BCUT2D eigenvalue weighted by Gasteiger charge is -2.05. The Morgan fingerprint density at radius 3 is 2.93 bits per heavy atom. The van der Waals surface area contributed by atoms with E-state index in [2.05, 4.69) is 25.9 Å². The Bertz CT molecular complexity index is 530. The molecule has 0 N–H and O–H groups in total. The van der Waals surface area contributed by atoms with Gasteiger partial charge in [-0.3, -0.25) is 4.98 Å². The summed E-state index contributed by atoms with van der Waals surface area (Å²) in [5, 5.41) is 0.566. The first kappa shape index (κ1) is 10.8. The second-order valence-corrected chi connectivity index (χ2v) is 4.23. The van der Waals surface area contributed by atoms with Crippen LogP contribution in [0.5, 0.6) is 0 Å². The molecular formula is C10H7BrClFN2. The summed E-state index contributed by atoms with van der Waals surface area (Å²) >= 11 is 9.03. The van der Waals surface area contributed by atoms with Crippen LogP contribution < -0.4 is 0 Å². The molecule has 0 unspecified atom stereocenters. The summed E-state index contributed by atoms with van der Waals surface area (Å²) in [6.07, 6.45) is 2.26. The van der Waals surface area contributed by atoms with Gasteiger partial charge in [0.1, 0.15) is 4.60 Å². The van der Waals surface area contributed by atoms with E-state index in [0.717, 1.165) is 12.0 Å². The zero-order valence-corrected chi connectivity index (χ0v) is 10.2. The zero-order valence-electron chi connectivity index (χ0n) is 7.89. The molecule has 0 aliphatic carbocycles. The molecule has 2 heterocycles. The van der Waals surface area contributed by atoms with Crippen molar-refractivity contribution >= 4 is 38.6 Å². The molecule has 0 aliphatic rings. The van der Waals surface area contributed by atoms with Gasteiger partial charge in [-0.15, -0.1) is 0 Å². The molecule has 2 rings (SSSR count). The third kappa shape index (κ3) is 1.84. The molecule has 5 heteroatoms. The van der Waals surface area contributed by atoms with Gasteiger partial charge < -0.3 is 0 Å². The van der Waals surface area contributed by atoms with Gasteiger partial charge in [-0.1, -0.05) is 18.5 Å². The topological polar surface area (TPSA) is 25.8 Å². The summed E-state index contributed by atoms with van der Waals surface area (Å²) in [7, 11) is 0. The first-order valence-corrected chi connectivity index (χ1v) is 5.59. The maximum absolute atomic E-state index is 13.2. The number of fused-ring (bicyclic) bond motifs is 1. The van der Waals surface area contributed by atoms with E-state index in [0.29, 0.717) is 16.1 Å². The Hall–Kier alpha value is -0.740. The molecule has 0 fully saturated rings. The number of rotatable bonds is 1. The molecule has 0 saturated carbocycles. The van der Waals surface area contributed by atoms with E-state index in [1.54, 1.807) is 0 Å². The van der Waals surface area contributed by atoms with Crippen LogP contribution >= 0.6 is 27.5 Å². The van der Waals surface area contributed by atoms with Gasteiger partial charge in [0.15, 0.2) is 5.82 Å². The number of halogens is 3. The Kier molecular flexibility index (Phi) is 2.89. The normalized spacial score (nSPS) is 10.9. The van der Waals surface area contributed by atoms with Crippen LogP contribution in [0.4, 0.5) is 4.39 Å². The van der Waals surface area contributed by atoms with Crippen molar-refractivity contribution < 1.29 is 4.39 Å². The van der Waals surface area contributed by atoms with Crippen LogP contribution in [0.15, 0.2) is 16.9 Å². The van der Waals surface area contributed by atoms with Crippen molar-refractivity contribution in [2.24, 2.45) is 0 Å². The van der Waals surface area contributed by atoms with Crippen LogP contribution in [-0.4, -0.2) is 9.97 Å². The average Bonchev–Trinajstić information content (AvgIpc) is 2.21. The van der Waals surface area contributed by atoms with Crippen LogP contribution in [0.1, 0.15) is 12.5 Å². The van der Waals surface area contributed by atoms with Crippen molar-refractivity contribution in [2.75, 3.05) is 0 Å². The van der Waals surface area contributed by atoms with Crippen molar-refractivity contribution in [1.29, 1.82) is 0 Å². The van der Waals surface area contributed by atoms with Gasteiger partial charge in [0, 0.05) is 12.3 Å². The van der Waals surface area contributed by atoms with Gasteiger partial charge in [0.2, 0.25) is 0 Å². The molecule has 0 amide bonds. The molecule has 78 valence electrons. The second-order valence-electron chi connectivity index (χ2n) is 3.07. The molecule has 0 spiro atoms. The molecule has 2 aromatic rings. The predicted octanol–water partition coefficient (Wildman–Crippen LogP) is 3.75. The summed E-state index contributed by atoms with van der Waals surface area (Å²) in [4.78, 5) is 8.14. The molecule has 2 aromatic heterocycles. The van der Waals surface area contributed by atoms with E-state index < -0.39 is 5.82 Å². The average molecular weight is 290 g/mol. The van der Waals surface area contributed by atoms with Crippen molar-refractivity contribution in [2.45, 2.75) is 13.3 Å². The van der Waals surface area contributed by atoms with Crippen molar-refractivity contribution in [3.05, 3.63) is 33.3 Å². The van der Waals surface area contributed by atoms with E-state index in [1.807, 2.05) is 6.92 Å². The van der Waals surface area contributed by atoms with Gasteiger partial charge in [-0.25, -0.2) is 9.37 Å². The van der Waals surface area contributed by atoms with Gasteiger partial charge in [-0.05, 0) is 27.9 Å². The lowest BCUT2D eigenvalue weighted by molar-refractivity contribution is 0.615. The van der Waals surface area contributed by atoms with Crippen molar-refractivity contribution in [3.8, 4) is 0 Å². The molecule has 2 nitrogen and oxygen atoms in total. The fourth-order valence-corrected chi connectivity index (χ4v) is 1.99. The van der Waals surface area contributed by atoms with E-state index in [4.69, 9.17) is 11.6 Å². The fraction of sp³-hybridized carbons (Fsp3) is 0.200. The van der Waals surface area contributed by atoms with Gasteiger partial charge in [-0.2, -0.15) is 0 Å². The SMILES string of the molecule is CCc1c(Cl)cnc2cc(F)c(Br)nc12. The van der Waals surface area contributed by atoms with Crippen LogP contribution in [0.3, 0.4) is 0 Å². The lowest BCUT2D eigenvalue weighted by atomic mass is 10.1. The minimum absolute atomic E-state index is 0.189. The predicted molar refractivity (Wildman–Crippen MR) is 61.6 cm³/mol. The minimum Gasteiger partial charge on any atom is -0.253 e. The number of nitrogens with zero attached hydrogens (tertiary/aromatic N) is 2. The summed E-state index contributed by atoms with van der Waals surface area (Å²) < 4.78 is 13.4. The molecular weight excluding hydrogens is 282 g/mol. The molecule has 0 radical (unpaired) electrons. The Balaban J connectivity index is 2.86. The smallest absolute Gasteiger partial charge is 0.158 e. The number of aromatic nitrogens is 2. The maximum atomic E-state index is 13.2. The third-order valence-electron chi connectivity index (χ3n) is 2.16. The van der Waals surface area contributed by atoms with Crippen molar-refractivity contribution in [3.63, 3.8) is 0 Å². The molecule has 15 heavy (non-hydrogen) atoms. The monoisotopic (exact) mass is 288 g/mol. The first-order valence-electron chi connectivity index (χ1n) is 4.42. The molecule has 0 bridgehead atoms. The number of aryl methyl sites for hydroxylation is 1. The molecule has 0 saturated heterocycles. The quantitative estimate of drug-likeness (QED) is 0.747. The van der Waals surface area contributed by atoms with Crippen LogP contribution in [0.2, 0.25) is 5.02 Å². The highest BCUT2D eigenvalue weighted by atomic mass is 79.9. The maximum Gasteiger partial charge on any atom is 0.158 e. The number of hydrogen-bond donors (Lipinski definition) is 0.